The highest BCUT2D eigenvalue weighted by Gasteiger charge is 2.12. The summed E-state index contributed by atoms with van der Waals surface area (Å²) in [6.07, 6.45) is 1.48. The maximum absolute atomic E-state index is 5.78. The molecule has 1 aromatic rings. The number of nitrogen functional groups attached to an aromatic ring is 1. The molecule has 0 amide bonds. The maximum Gasteiger partial charge on any atom is 0.137 e. The minimum Gasteiger partial charge on any atom is -0.383 e. The number of methoxy groups -OCH3 is 2. The van der Waals surface area contributed by atoms with Crippen LogP contribution in [0.2, 0.25) is 0 Å². The molecule has 0 saturated carbocycles. The summed E-state index contributed by atoms with van der Waals surface area (Å²) >= 11 is 0. The first-order valence-electron chi connectivity index (χ1n) is 5.50. The highest BCUT2D eigenvalue weighted by Crippen LogP contribution is 2.19. The third kappa shape index (κ3) is 3.83. The van der Waals surface area contributed by atoms with Crippen LogP contribution in [-0.2, 0) is 9.47 Å². The smallest absolute Gasteiger partial charge is 0.137 e. The Morgan fingerprint density at radius 2 is 1.76 bits per heavy atom. The van der Waals surface area contributed by atoms with E-state index in [4.69, 9.17) is 15.2 Å². The number of hydrogen-bond donors (Lipinski definition) is 1. The molecular formula is C11H20N4O2. The van der Waals surface area contributed by atoms with Crippen LogP contribution in [0.4, 0.5) is 11.6 Å². The maximum atomic E-state index is 5.78. The van der Waals surface area contributed by atoms with Gasteiger partial charge in [0.1, 0.15) is 18.0 Å². The van der Waals surface area contributed by atoms with Crippen molar-refractivity contribution in [2.75, 3.05) is 51.2 Å². The number of nitrogens with two attached hydrogens (primary N) is 1. The van der Waals surface area contributed by atoms with Crippen molar-refractivity contribution in [2.24, 2.45) is 0 Å². The molecule has 0 atom stereocenters. The van der Waals surface area contributed by atoms with Gasteiger partial charge in [-0.25, -0.2) is 9.97 Å². The molecule has 0 aromatic carbocycles. The Morgan fingerprint density at radius 1 is 1.18 bits per heavy atom. The zero-order valence-corrected chi connectivity index (χ0v) is 10.6. The summed E-state index contributed by atoms with van der Waals surface area (Å²) < 4.78 is 10.2. The van der Waals surface area contributed by atoms with Gasteiger partial charge in [0.2, 0.25) is 0 Å². The summed E-state index contributed by atoms with van der Waals surface area (Å²) in [5.41, 5.74) is 6.66. The molecule has 1 heterocycles. The van der Waals surface area contributed by atoms with Gasteiger partial charge in [-0.15, -0.1) is 0 Å². The number of rotatable bonds is 7. The number of ether oxygens (including phenoxy) is 2. The molecule has 2 N–H and O–H groups in total. The lowest BCUT2D eigenvalue weighted by molar-refractivity contribution is 0.190. The average molecular weight is 240 g/mol. The van der Waals surface area contributed by atoms with Crippen LogP contribution in [0.1, 0.15) is 5.56 Å². The van der Waals surface area contributed by atoms with E-state index in [1.54, 1.807) is 14.2 Å². The van der Waals surface area contributed by atoms with Crippen LogP contribution < -0.4 is 10.6 Å². The fourth-order valence-electron chi connectivity index (χ4n) is 1.50. The fourth-order valence-corrected chi connectivity index (χ4v) is 1.50. The van der Waals surface area contributed by atoms with Crippen LogP contribution in [0.25, 0.3) is 0 Å². The molecule has 6 heteroatoms. The van der Waals surface area contributed by atoms with Crippen molar-refractivity contribution < 1.29 is 9.47 Å². The van der Waals surface area contributed by atoms with Gasteiger partial charge in [-0.3, -0.25) is 0 Å². The third-order valence-corrected chi connectivity index (χ3v) is 2.53. The molecule has 96 valence electrons. The zero-order valence-electron chi connectivity index (χ0n) is 10.6. The number of hydrogen-bond acceptors (Lipinski definition) is 6. The van der Waals surface area contributed by atoms with Crippen molar-refractivity contribution in [3.63, 3.8) is 0 Å². The second kappa shape index (κ2) is 7.03. The molecule has 1 rings (SSSR count). The molecular weight excluding hydrogens is 220 g/mol. The van der Waals surface area contributed by atoms with Crippen LogP contribution in [-0.4, -0.2) is 50.5 Å². The topological polar surface area (TPSA) is 73.5 Å². The summed E-state index contributed by atoms with van der Waals surface area (Å²) in [7, 11) is 3.35. The van der Waals surface area contributed by atoms with Gasteiger partial charge >= 0.3 is 0 Å². The predicted octanol–water partition coefficient (Wildman–Crippen LogP) is 0.466. The Hall–Kier alpha value is -1.40. The molecule has 0 spiro atoms. The summed E-state index contributed by atoms with van der Waals surface area (Å²) in [6.45, 7) is 4.67. The van der Waals surface area contributed by atoms with Gasteiger partial charge in [-0.2, -0.15) is 0 Å². The summed E-state index contributed by atoms with van der Waals surface area (Å²) in [6, 6.07) is 0. The lowest BCUT2D eigenvalue weighted by Crippen LogP contribution is -2.32. The quantitative estimate of drug-likeness (QED) is 0.746. The first kappa shape index (κ1) is 13.7. The highest BCUT2D eigenvalue weighted by molar-refractivity contribution is 5.55. The molecule has 17 heavy (non-hydrogen) atoms. The second-order valence-electron chi connectivity index (χ2n) is 3.68. The van der Waals surface area contributed by atoms with Crippen LogP contribution in [0.3, 0.4) is 0 Å². The van der Waals surface area contributed by atoms with Crippen LogP contribution >= 0.6 is 0 Å². The van der Waals surface area contributed by atoms with Gasteiger partial charge in [0.15, 0.2) is 0 Å². The Morgan fingerprint density at radius 3 is 2.29 bits per heavy atom. The number of anilines is 2. The summed E-state index contributed by atoms with van der Waals surface area (Å²) in [5.74, 6) is 1.35. The van der Waals surface area contributed by atoms with Gasteiger partial charge in [0, 0.05) is 32.9 Å². The number of nitrogens with zero attached hydrogens (tertiary/aromatic N) is 3. The average Bonchev–Trinajstić information content (AvgIpc) is 2.34. The van der Waals surface area contributed by atoms with E-state index >= 15 is 0 Å². The molecule has 0 fully saturated rings. The molecule has 0 aliphatic rings. The second-order valence-corrected chi connectivity index (χ2v) is 3.68. The van der Waals surface area contributed by atoms with Crippen molar-refractivity contribution in [1.29, 1.82) is 0 Å². The lowest BCUT2D eigenvalue weighted by Gasteiger charge is -2.24. The normalized spacial score (nSPS) is 10.5. The van der Waals surface area contributed by atoms with E-state index in [0.717, 1.165) is 24.5 Å². The van der Waals surface area contributed by atoms with E-state index in [9.17, 15) is 0 Å². The Balaban J connectivity index is 2.83. The van der Waals surface area contributed by atoms with E-state index in [1.165, 1.54) is 6.33 Å². The molecule has 0 saturated heterocycles. The van der Waals surface area contributed by atoms with Gasteiger partial charge in [-0.05, 0) is 6.92 Å². The van der Waals surface area contributed by atoms with E-state index in [1.807, 2.05) is 6.92 Å². The zero-order chi connectivity index (χ0) is 12.7. The van der Waals surface area contributed by atoms with Crippen molar-refractivity contribution in [3.8, 4) is 0 Å². The van der Waals surface area contributed by atoms with Crippen molar-refractivity contribution in [2.45, 2.75) is 6.92 Å². The molecule has 0 bridgehead atoms. The molecule has 0 aliphatic heterocycles. The first-order chi connectivity index (χ1) is 8.20. The van der Waals surface area contributed by atoms with Crippen molar-refractivity contribution >= 4 is 11.6 Å². The Kier molecular flexibility index (Phi) is 5.65. The summed E-state index contributed by atoms with van der Waals surface area (Å²) in [5, 5.41) is 0. The van der Waals surface area contributed by atoms with E-state index in [-0.39, 0.29) is 0 Å². The molecule has 0 radical (unpaired) electrons. The fraction of sp³-hybridized carbons (Fsp3) is 0.636. The standard InChI is InChI=1S/C11H20N4O2/c1-9-10(12)13-8-14-11(9)15(4-6-16-2)5-7-17-3/h8H,4-7H2,1-3H3,(H2,12,13,14). The first-order valence-corrected chi connectivity index (χ1v) is 5.50. The van der Waals surface area contributed by atoms with Gasteiger partial charge in [-0.1, -0.05) is 0 Å². The van der Waals surface area contributed by atoms with Crippen LogP contribution in [0.15, 0.2) is 6.33 Å². The highest BCUT2D eigenvalue weighted by atomic mass is 16.5. The minimum absolute atomic E-state index is 0.509. The molecule has 0 unspecified atom stereocenters. The SMILES string of the molecule is COCCN(CCOC)c1ncnc(N)c1C. The van der Waals surface area contributed by atoms with E-state index in [0.29, 0.717) is 19.0 Å². The van der Waals surface area contributed by atoms with E-state index < -0.39 is 0 Å². The molecule has 1 aromatic heterocycles. The molecule has 6 nitrogen and oxygen atoms in total. The van der Waals surface area contributed by atoms with E-state index in [2.05, 4.69) is 14.9 Å². The predicted molar refractivity (Wildman–Crippen MR) is 67.1 cm³/mol. The minimum atomic E-state index is 0.509. The lowest BCUT2D eigenvalue weighted by atomic mass is 10.3. The van der Waals surface area contributed by atoms with Crippen LogP contribution in [0, 0.1) is 6.92 Å². The van der Waals surface area contributed by atoms with Gasteiger partial charge in [0.25, 0.3) is 0 Å². The van der Waals surface area contributed by atoms with Gasteiger partial charge in [0.05, 0.1) is 13.2 Å². The largest absolute Gasteiger partial charge is 0.383 e. The Bertz CT molecular complexity index is 338. The van der Waals surface area contributed by atoms with Crippen molar-refractivity contribution in [1.82, 2.24) is 9.97 Å². The Labute approximate surface area is 102 Å². The molecule has 0 aliphatic carbocycles. The monoisotopic (exact) mass is 240 g/mol. The summed E-state index contributed by atoms with van der Waals surface area (Å²) in [4.78, 5) is 10.3. The van der Waals surface area contributed by atoms with Crippen LogP contribution in [0.5, 0.6) is 0 Å². The number of aromatic nitrogens is 2. The van der Waals surface area contributed by atoms with Gasteiger partial charge < -0.3 is 20.1 Å². The third-order valence-electron chi connectivity index (χ3n) is 2.53. The van der Waals surface area contributed by atoms with Crippen molar-refractivity contribution in [3.05, 3.63) is 11.9 Å².